The molecule has 0 bridgehead atoms. The zero-order valence-corrected chi connectivity index (χ0v) is 15.3. The van der Waals surface area contributed by atoms with Gasteiger partial charge in [0, 0.05) is 41.2 Å². The number of nitrogens with one attached hydrogen (secondary N) is 2. The van der Waals surface area contributed by atoms with Crippen LogP contribution in [0.15, 0.2) is 53.2 Å². The second-order valence-corrected chi connectivity index (χ2v) is 7.30. The van der Waals surface area contributed by atoms with Crippen LogP contribution >= 0.6 is 23.2 Å². The summed E-state index contributed by atoms with van der Waals surface area (Å²) in [7, 11) is 0. The minimum Gasteiger partial charge on any atom is -0.385 e. The third kappa shape index (κ3) is 3.48. The Bertz CT molecular complexity index is 806. The molecule has 0 aromatic heterocycles. The third-order valence-electron chi connectivity index (χ3n) is 4.86. The summed E-state index contributed by atoms with van der Waals surface area (Å²) in [5, 5.41) is 7.60. The Morgan fingerprint density at radius 1 is 1.56 bits per heavy atom. The summed E-state index contributed by atoms with van der Waals surface area (Å²) >= 11 is 12.0. The van der Waals surface area contributed by atoms with E-state index in [1.165, 1.54) is 0 Å². The second kappa shape index (κ2) is 7.25. The number of halogens is 3. The van der Waals surface area contributed by atoms with E-state index in [9.17, 15) is 4.39 Å². The van der Waals surface area contributed by atoms with Crippen LogP contribution < -0.4 is 10.6 Å². The molecule has 2 aliphatic rings. The molecule has 25 heavy (non-hydrogen) atoms. The number of rotatable bonds is 5. The normalized spacial score (nSPS) is 28.3. The van der Waals surface area contributed by atoms with E-state index in [2.05, 4.69) is 29.6 Å². The van der Waals surface area contributed by atoms with Crippen molar-refractivity contribution < 1.29 is 4.39 Å². The highest BCUT2D eigenvalue weighted by atomic mass is 35.5. The van der Waals surface area contributed by atoms with Crippen LogP contribution in [0, 0.1) is 24.1 Å². The first-order valence-electron chi connectivity index (χ1n) is 8.10. The molecule has 1 aliphatic heterocycles. The van der Waals surface area contributed by atoms with E-state index in [1.807, 2.05) is 12.1 Å². The fourth-order valence-corrected chi connectivity index (χ4v) is 4.01. The van der Waals surface area contributed by atoms with E-state index >= 15 is 0 Å². The van der Waals surface area contributed by atoms with Gasteiger partial charge < -0.3 is 10.6 Å². The zero-order valence-electron chi connectivity index (χ0n) is 13.8. The molecule has 2 N–H and O–H groups in total. The monoisotopic (exact) mass is 376 g/mol. The maximum atomic E-state index is 14.5. The minimum atomic E-state index is -0.325. The Hall–Kier alpha value is -1.73. The van der Waals surface area contributed by atoms with Gasteiger partial charge in [-0.3, -0.25) is 0 Å². The summed E-state index contributed by atoms with van der Waals surface area (Å²) in [5.41, 5.74) is 1.63. The molecule has 0 radical (unpaired) electrons. The van der Waals surface area contributed by atoms with Crippen LogP contribution in [0.5, 0.6) is 0 Å². The van der Waals surface area contributed by atoms with Gasteiger partial charge in [-0.05, 0) is 42.9 Å². The summed E-state index contributed by atoms with van der Waals surface area (Å²) in [6.07, 6.45) is 12.4. The third-order valence-corrected chi connectivity index (χ3v) is 5.44. The van der Waals surface area contributed by atoms with Gasteiger partial charge in [0.25, 0.3) is 0 Å². The maximum absolute atomic E-state index is 14.5. The number of hydrogen-bond acceptors (Lipinski definition) is 2. The van der Waals surface area contributed by atoms with Crippen molar-refractivity contribution in [2.45, 2.75) is 18.4 Å². The Balaban J connectivity index is 1.73. The lowest BCUT2D eigenvalue weighted by molar-refractivity contribution is 0.329. The molecule has 1 saturated heterocycles. The predicted molar refractivity (Wildman–Crippen MR) is 102 cm³/mol. The van der Waals surface area contributed by atoms with Gasteiger partial charge in [0.2, 0.25) is 0 Å². The Morgan fingerprint density at radius 3 is 3.12 bits per heavy atom. The maximum Gasteiger partial charge on any atom is 0.145 e. The molecular formula is C20H19Cl2FN2. The average molecular weight is 377 g/mol. The lowest BCUT2D eigenvalue weighted by atomic mass is 9.68. The zero-order chi connectivity index (χ0) is 18.0. The van der Waals surface area contributed by atoms with E-state index < -0.39 is 0 Å². The Labute approximate surface area is 157 Å². The van der Waals surface area contributed by atoms with Crippen molar-refractivity contribution in [1.29, 1.82) is 0 Å². The molecule has 130 valence electrons. The molecule has 3 unspecified atom stereocenters. The van der Waals surface area contributed by atoms with Gasteiger partial charge in [-0.25, -0.2) is 4.39 Å². The molecule has 1 fully saturated rings. The van der Waals surface area contributed by atoms with Crippen molar-refractivity contribution in [1.82, 2.24) is 10.6 Å². The van der Waals surface area contributed by atoms with Crippen LogP contribution in [-0.2, 0) is 0 Å². The minimum absolute atomic E-state index is 0.0389. The molecule has 2 nitrogen and oxygen atoms in total. The first kappa shape index (κ1) is 18.1. The lowest BCUT2D eigenvalue weighted by Crippen LogP contribution is -2.51. The quantitative estimate of drug-likeness (QED) is 0.589. The van der Waals surface area contributed by atoms with Gasteiger partial charge in [-0.15, -0.1) is 6.42 Å². The summed E-state index contributed by atoms with van der Waals surface area (Å²) in [6, 6.07) is 5.19. The van der Waals surface area contributed by atoms with Crippen LogP contribution in [0.3, 0.4) is 0 Å². The Kier molecular flexibility index (Phi) is 5.24. The molecule has 3 rings (SSSR count). The van der Waals surface area contributed by atoms with Gasteiger partial charge >= 0.3 is 0 Å². The summed E-state index contributed by atoms with van der Waals surface area (Å²) in [4.78, 5) is 0. The first-order valence-corrected chi connectivity index (χ1v) is 8.86. The molecule has 0 spiro atoms. The largest absolute Gasteiger partial charge is 0.385 e. The van der Waals surface area contributed by atoms with E-state index in [0.717, 1.165) is 5.70 Å². The highest BCUT2D eigenvalue weighted by molar-refractivity contribution is 6.31. The number of benzene rings is 1. The molecule has 3 atom stereocenters. The van der Waals surface area contributed by atoms with Gasteiger partial charge in [-0.2, -0.15) is 0 Å². The average Bonchev–Trinajstić information content (AvgIpc) is 2.84. The van der Waals surface area contributed by atoms with Crippen molar-refractivity contribution in [3.05, 3.63) is 69.6 Å². The van der Waals surface area contributed by atoms with Crippen LogP contribution in [0.2, 0.25) is 5.02 Å². The van der Waals surface area contributed by atoms with Gasteiger partial charge in [0.1, 0.15) is 5.82 Å². The molecule has 1 aromatic carbocycles. The van der Waals surface area contributed by atoms with Gasteiger partial charge in [-0.1, -0.05) is 41.3 Å². The van der Waals surface area contributed by atoms with Gasteiger partial charge in [0.15, 0.2) is 0 Å². The van der Waals surface area contributed by atoms with Crippen LogP contribution in [-0.4, -0.2) is 18.6 Å². The first-order chi connectivity index (χ1) is 12.0. The predicted octanol–water partition coefficient (Wildman–Crippen LogP) is 4.34. The molecule has 1 aliphatic carbocycles. The standard InChI is InChI=1S/C20H19Cl2FN2/c1-3-4-6-13(21)9-10-24-17-11-20(2)18(17)15(12-25-20)14-7-5-8-16(22)19(14)23/h1,4-9,11,15,18,24-25H,10,12H2,2H3/b6-4-,13-9+. The molecule has 1 heterocycles. The number of allylic oxidation sites excluding steroid dienone is 3. The van der Waals surface area contributed by atoms with Crippen LogP contribution in [0.4, 0.5) is 4.39 Å². The molecule has 5 heteroatoms. The number of terminal acetylenes is 1. The topological polar surface area (TPSA) is 24.1 Å². The van der Waals surface area contributed by atoms with E-state index in [-0.39, 0.29) is 28.2 Å². The van der Waals surface area contributed by atoms with Crippen molar-refractivity contribution in [3.8, 4) is 12.3 Å². The number of fused-ring (bicyclic) bond motifs is 1. The number of hydrogen-bond donors (Lipinski definition) is 2. The Morgan fingerprint density at radius 2 is 2.36 bits per heavy atom. The lowest BCUT2D eigenvalue weighted by Gasteiger charge is -2.42. The van der Waals surface area contributed by atoms with Gasteiger partial charge in [0.05, 0.1) is 5.02 Å². The van der Waals surface area contributed by atoms with E-state index in [1.54, 1.807) is 24.3 Å². The highest BCUT2D eigenvalue weighted by Crippen LogP contribution is 2.50. The van der Waals surface area contributed by atoms with Crippen molar-refractivity contribution >= 4 is 23.2 Å². The fraction of sp³-hybridized carbons (Fsp3) is 0.300. The molecule has 0 saturated carbocycles. The smallest absolute Gasteiger partial charge is 0.145 e. The molecular weight excluding hydrogens is 358 g/mol. The SMILES string of the molecule is C#C/C=C\C(Cl)=C/CNC1=CC2(C)NCC(c3cccc(Cl)c3F)C12. The molecule has 0 amide bonds. The van der Waals surface area contributed by atoms with E-state index in [0.29, 0.717) is 23.7 Å². The summed E-state index contributed by atoms with van der Waals surface area (Å²) < 4.78 is 14.5. The van der Waals surface area contributed by atoms with Crippen molar-refractivity contribution in [2.24, 2.45) is 5.92 Å². The van der Waals surface area contributed by atoms with Crippen LogP contribution in [0.1, 0.15) is 18.4 Å². The summed E-state index contributed by atoms with van der Waals surface area (Å²) in [5.74, 6) is 2.29. The van der Waals surface area contributed by atoms with E-state index in [4.69, 9.17) is 29.6 Å². The highest BCUT2D eigenvalue weighted by Gasteiger charge is 2.53. The fourth-order valence-electron chi connectivity index (χ4n) is 3.69. The van der Waals surface area contributed by atoms with Crippen molar-refractivity contribution in [2.75, 3.05) is 13.1 Å². The molecule has 1 aromatic rings. The second-order valence-electron chi connectivity index (χ2n) is 6.46. The van der Waals surface area contributed by atoms with Crippen LogP contribution in [0.25, 0.3) is 0 Å². The van der Waals surface area contributed by atoms with Crippen molar-refractivity contribution in [3.63, 3.8) is 0 Å². The summed E-state index contributed by atoms with van der Waals surface area (Å²) in [6.45, 7) is 3.42.